The van der Waals surface area contributed by atoms with Crippen molar-refractivity contribution in [2.24, 2.45) is 7.05 Å². The summed E-state index contributed by atoms with van der Waals surface area (Å²) in [5, 5.41) is 10.4. The van der Waals surface area contributed by atoms with Crippen LogP contribution >= 0.6 is 11.6 Å². The number of nitrogens with zero attached hydrogens (tertiary/aromatic N) is 3. The molecule has 0 radical (unpaired) electrons. The van der Waals surface area contributed by atoms with Gasteiger partial charge < -0.3 is 9.67 Å². The van der Waals surface area contributed by atoms with Gasteiger partial charge in [0, 0.05) is 32.1 Å². The predicted octanol–water partition coefficient (Wildman–Crippen LogP) is 1.74. The van der Waals surface area contributed by atoms with Gasteiger partial charge in [0.1, 0.15) is 11.0 Å². The van der Waals surface area contributed by atoms with E-state index in [0.717, 1.165) is 11.4 Å². The molecule has 84 valence electrons. The van der Waals surface area contributed by atoms with E-state index in [9.17, 15) is 5.11 Å². The van der Waals surface area contributed by atoms with Crippen LogP contribution in [0.4, 0.5) is 0 Å². The number of aromatic nitrogens is 3. The molecule has 1 atom stereocenters. The monoisotopic (exact) mass is 237 g/mol. The lowest BCUT2D eigenvalue weighted by molar-refractivity contribution is 0.175. The maximum absolute atomic E-state index is 10.0. The van der Waals surface area contributed by atoms with Crippen molar-refractivity contribution < 1.29 is 5.11 Å². The van der Waals surface area contributed by atoms with Crippen LogP contribution in [0.5, 0.6) is 0 Å². The third-order valence-corrected chi connectivity index (χ3v) is 2.64. The van der Waals surface area contributed by atoms with Gasteiger partial charge in [-0.25, -0.2) is 9.97 Å². The maximum Gasteiger partial charge on any atom is 0.129 e. The number of aliphatic hydroxyl groups excluding tert-OH is 1. The summed E-state index contributed by atoms with van der Waals surface area (Å²) < 4.78 is 1.88. The molecule has 2 aromatic rings. The van der Waals surface area contributed by atoms with E-state index < -0.39 is 6.10 Å². The van der Waals surface area contributed by atoms with E-state index >= 15 is 0 Å². The lowest BCUT2D eigenvalue weighted by Gasteiger charge is -2.10. The Morgan fingerprint density at radius 1 is 1.44 bits per heavy atom. The third-order valence-electron chi connectivity index (χ3n) is 2.43. The standard InChI is InChI=1S/C11H12ClN3O/c1-15-5-4-14-11(15)7-9(16)8-2-3-13-10(12)6-8/h2-6,9,16H,7H2,1H3. The first-order valence-electron chi connectivity index (χ1n) is 4.92. The Balaban J connectivity index is 2.14. The second kappa shape index (κ2) is 4.63. The first kappa shape index (κ1) is 11.1. The summed E-state index contributed by atoms with van der Waals surface area (Å²) in [4.78, 5) is 8.03. The summed E-state index contributed by atoms with van der Waals surface area (Å²) in [6.45, 7) is 0. The topological polar surface area (TPSA) is 50.9 Å². The lowest BCUT2D eigenvalue weighted by atomic mass is 10.1. The van der Waals surface area contributed by atoms with Crippen LogP contribution in [0.3, 0.4) is 0 Å². The largest absolute Gasteiger partial charge is 0.388 e. The van der Waals surface area contributed by atoms with Crippen molar-refractivity contribution in [2.75, 3.05) is 0 Å². The van der Waals surface area contributed by atoms with E-state index in [1.165, 1.54) is 0 Å². The molecular formula is C11H12ClN3O. The minimum Gasteiger partial charge on any atom is -0.388 e. The van der Waals surface area contributed by atoms with Crippen molar-refractivity contribution in [3.63, 3.8) is 0 Å². The summed E-state index contributed by atoms with van der Waals surface area (Å²) in [5.41, 5.74) is 0.753. The van der Waals surface area contributed by atoms with Gasteiger partial charge in [0.15, 0.2) is 0 Å². The molecule has 1 N–H and O–H groups in total. The minimum atomic E-state index is -0.610. The zero-order chi connectivity index (χ0) is 11.5. The van der Waals surface area contributed by atoms with Crippen LogP contribution in [0, 0.1) is 0 Å². The molecule has 4 nitrogen and oxygen atoms in total. The number of aliphatic hydroxyl groups is 1. The molecule has 2 aromatic heterocycles. The van der Waals surface area contributed by atoms with E-state index in [2.05, 4.69) is 9.97 Å². The van der Waals surface area contributed by atoms with Crippen molar-refractivity contribution >= 4 is 11.6 Å². The lowest BCUT2D eigenvalue weighted by Crippen LogP contribution is -2.06. The Labute approximate surface area is 98.5 Å². The van der Waals surface area contributed by atoms with Gasteiger partial charge in [-0.15, -0.1) is 0 Å². The van der Waals surface area contributed by atoms with E-state index in [-0.39, 0.29) is 0 Å². The van der Waals surface area contributed by atoms with Gasteiger partial charge in [0.2, 0.25) is 0 Å². The SMILES string of the molecule is Cn1ccnc1CC(O)c1ccnc(Cl)c1. The number of hydrogen-bond acceptors (Lipinski definition) is 3. The van der Waals surface area contributed by atoms with Gasteiger partial charge in [0.25, 0.3) is 0 Å². The summed E-state index contributed by atoms with van der Waals surface area (Å²) in [5.74, 6) is 0.834. The van der Waals surface area contributed by atoms with Crippen molar-refractivity contribution in [3.8, 4) is 0 Å². The molecular weight excluding hydrogens is 226 g/mol. The van der Waals surface area contributed by atoms with Crippen molar-refractivity contribution in [2.45, 2.75) is 12.5 Å². The van der Waals surface area contributed by atoms with Crippen LogP contribution in [-0.4, -0.2) is 19.6 Å². The highest BCUT2D eigenvalue weighted by Crippen LogP contribution is 2.18. The molecule has 0 aromatic carbocycles. The van der Waals surface area contributed by atoms with Crippen LogP contribution < -0.4 is 0 Å². The molecule has 0 saturated heterocycles. The molecule has 0 amide bonds. The molecule has 2 heterocycles. The zero-order valence-electron chi connectivity index (χ0n) is 8.84. The Morgan fingerprint density at radius 2 is 2.25 bits per heavy atom. The predicted molar refractivity (Wildman–Crippen MR) is 61.1 cm³/mol. The van der Waals surface area contributed by atoms with Crippen molar-refractivity contribution in [1.82, 2.24) is 14.5 Å². The Hall–Kier alpha value is -1.39. The molecule has 1 unspecified atom stereocenters. The number of imidazole rings is 1. The Morgan fingerprint density at radius 3 is 2.88 bits per heavy atom. The number of hydrogen-bond donors (Lipinski definition) is 1. The molecule has 0 saturated carbocycles. The summed E-state index contributed by atoms with van der Waals surface area (Å²) in [7, 11) is 1.90. The molecule has 0 aliphatic heterocycles. The molecule has 0 aliphatic carbocycles. The fraction of sp³-hybridized carbons (Fsp3) is 0.273. The van der Waals surface area contributed by atoms with Crippen molar-refractivity contribution in [1.29, 1.82) is 0 Å². The minimum absolute atomic E-state index is 0.386. The van der Waals surface area contributed by atoms with Gasteiger partial charge in [0.05, 0.1) is 6.10 Å². The number of pyridine rings is 1. The fourth-order valence-corrected chi connectivity index (χ4v) is 1.69. The summed E-state index contributed by atoms with van der Waals surface area (Å²) in [6, 6.07) is 3.41. The van der Waals surface area contributed by atoms with Gasteiger partial charge in [-0.05, 0) is 17.7 Å². The third kappa shape index (κ3) is 2.40. The van der Waals surface area contributed by atoms with Crippen LogP contribution in [0.1, 0.15) is 17.5 Å². The van der Waals surface area contributed by atoms with Gasteiger partial charge in [-0.1, -0.05) is 11.6 Å². The number of halogens is 1. The summed E-state index contributed by atoms with van der Waals surface area (Å²) in [6.07, 6.45) is 4.99. The number of rotatable bonds is 3. The van der Waals surface area contributed by atoms with Crippen LogP contribution in [-0.2, 0) is 13.5 Å². The molecule has 0 aliphatic rings. The van der Waals surface area contributed by atoms with Gasteiger partial charge in [-0.3, -0.25) is 0 Å². The highest BCUT2D eigenvalue weighted by molar-refractivity contribution is 6.29. The normalized spacial score (nSPS) is 12.7. The molecule has 0 bridgehead atoms. The smallest absolute Gasteiger partial charge is 0.129 e. The van der Waals surface area contributed by atoms with E-state index in [1.54, 1.807) is 24.5 Å². The molecule has 2 rings (SSSR count). The van der Waals surface area contributed by atoms with Crippen molar-refractivity contribution in [3.05, 3.63) is 47.3 Å². The molecule has 5 heteroatoms. The number of aryl methyl sites for hydroxylation is 1. The summed E-state index contributed by atoms with van der Waals surface area (Å²) >= 11 is 5.76. The molecule has 0 fully saturated rings. The molecule has 16 heavy (non-hydrogen) atoms. The van der Waals surface area contributed by atoms with Crippen LogP contribution in [0.15, 0.2) is 30.7 Å². The zero-order valence-corrected chi connectivity index (χ0v) is 9.59. The average Bonchev–Trinajstić information content (AvgIpc) is 2.64. The second-order valence-corrected chi connectivity index (χ2v) is 3.97. The highest BCUT2D eigenvalue weighted by atomic mass is 35.5. The van der Waals surface area contributed by atoms with Gasteiger partial charge in [-0.2, -0.15) is 0 Å². The fourth-order valence-electron chi connectivity index (χ4n) is 1.51. The highest BCUT2D eigenvalue weighted by Gasteiger charge is 2.11. The quantitative estimate of drug-likeness (QED) is 0.828. The van der Waals surface area contributed by atoms with Crippen LogP contribution in [0.25, 0.3) is 0 Å². The van der Waals surface area contributed by atoms with E-state index in [1.807, 2.05) is 17.8 Å². The van der Waals surface area contributed by atoms with E-state index in [0.29, 0.717) is 11.6 Å². The Bertz CT molecular complexity index is 484. The van der Waals surface area contributed by atoms with E-state index in [4.69, 9.17) is 11.6 Å². The first-order chi connectivity index (χ1) is 7.66. The van der Waals surface area contributed by atoms with Crippen LogP contribution in [0.2, 0.25) is 5.15 Å². The maximum atomic E-state index is 10.0. The first-order valence-corrected chi connectivity index (χ1v) is 5.30. The second-order valence-electron chi connectivity index (χ2n) is 3.59. The Kier molecular flexibility index (Phi) is 3.22. The van der Waals surface area contributed by atoms with Gasteiger partial charge >= 0.3 is 0 Å². The molecule has 0 spiro atoms. The average molecular weight is 238 g/mol.